The van der Waals surface area contributed by atoms with E-state index in [1.54, 1.807) is 0 Å². The molecule has 1 aromatic rings. The number of carbonyl (C=O) groups excluding carboxylic acids is 1. The summed E-state index contributed by atoms with van der Waals surface area (Å²) in [6.45, 7) is 0. The number of fused-ring (bicyclic) bond motifs is 1. The molecule has 0 unspecified atom stereocenters. The van der Waals surface area contributed by atoms with Crippen LogP contribution < -0.4 is 0 Å². The van der Waals surface area contributed by atoms with Gasteiger partial charge >= 0.3 is 0 Å². The van der Waals surface area contributed by atoms with Gasteiger partial charge in [-0.25, -0.2) is 0 Å². The molecule has 1 aliphatic rings. The summed E-state index contributed by atoms with van der Waals surface area (Å²) in [5.41, 5.74) is 3.21. The highest BCUT2D eigenvalue weighted by molar-refractivity contribution is 6.17. The molecule has 84 valence electrons. The molecule has 1 aliphatic carbocycles. The second-order valence-electron chi connectivity index (χ2n) is 4.07. The highest BCUT2D eigenvalue weighted by Gasteiger charge is 2.16. The Hall–Kier alpha value is -1.08. The summed E-state index contributed by atoms with van der Waals surface area (Å²) in [5, 5.41) is 0. The predicted octanol–water partition coefficient (Wildman–Crippen LogP) is 3.85. The van der Waals surface area contributed by atoms with Crippen molar-refractivity contribution in [2.45, 2.75) is 25.7 Å². The molecule has 0 radical (unpaired) electrons. The molecule has 0 aromatic heterocycles. The molecule has 0 N–H and O–H groups in total. The van der Waals surface area contributed by atoms with Gasteiger partial charge in [0.25, 0.3) is 0 Å². The summed E-state index contributed by atoms with van der Waals surface area (Å²) in [6.07, 6.45) is 7.67. The third-order valence-electron chi connectivity index (χ3n) is 2.87. The van der Waals surface area contributed by atoms with Crippen molar-refractivity contribution in [2.24, 2.45) is 0 Å². The Morgan fingerprint density at radius 1 is 1.31 bits per heavy atom. The first-order valence-electron chi connectivity index (χ1n) is 5.70. The van der Waals surface area contributed by atoms with Gasteiger partial charge in [-0.1, -0.05) is 24.3 Å². The number of benzene rings is 1. The van der Waals surface area contributed by atoms with Crippen LogP contribution in [0.1, 0.15) is 40.7 Å². The second-order valence-corrected chi connectivity index (χ2v) is 4.45. The minimum atomic E-state index is 0.286. The molecule has 0 amide bonds. The minimum Gasteiger partial charge on any atom is -0.294 e. The van der Waals surface area contributed by atoms with E-state index in [0.717, 1.165) is 30.4 Å². The average Bonchev–Trinajstić information content (AvgIpc) is 2.30. The summed E-state index contributed by atoms with van der Waals surface area (Å²) >= 11 is 5.60. The quantitative estimate of drug-likeness (QED) is 0.726. The van der Waals surface area contributed by atoms with Gasteiger partial charge in [0.2, 0.25) is 0 Å². The number of allylic oxidation sites excluding steroid dienone is 1. The smallest absolute Gasteiger partial charge is 0.163 e. The van der Waals surface area contributed by atoms with Crippen LogP contribution in [0.15, 0.2) is 24.3 Å². The zero-order chi connectivity index (χ0) is 11.4. The minimum absolute atomic E-state index is 0.286. The Morgan fingerprint density at radius 3 is 3.00 bits per heavy atom. The number of aryl methyl sites for hydroxylation is 1. The molecule has 1 aromatic carbocycles. The van der Waals surface area contributed by atoms with E-state index in [2.05, 4.69) is 12.1 Å². The van der Waals surface area contributed by atoms with Gasteiger partial charge < -0.3 is 0 Å². The maximum absolute atomic E-state index is 11.7. The number of hydrogen-bond acceptors (Lipinski definition) is 1. The third-order valence-corrected chi connectivity index (χ3v) is 3.09. The first-order valence-corrected chi connectivity index (χ1v) is 6.23. The Balaban J connectivity index is 2.23. The Labute approximate surface area is 101 Å². The molecule has 0 saturated carbocycles. The predicted molar refractivity (Wildman–Crippen MR) is 68.1 cm³/mol. The van der Waals surface area contributed by atoms with E-state index < -0.39 is 0 Å². The summed E-state index contributed by atoms with van der Waals surface area (Å²) in [6, 6.07) is 6.15. The fourth-order valence-electron chi connectivity index (χ4n) is 2.03. The second kappa shape index (κ2) is 5.31. The molecule has 0 aliphatic heterocycles. The zero-order valence-corrected chi connectivity index (χ0v) is 9.96. The molecule has 0 atom stereocenters. The number of carbonyl (C=O) groups is 1. The van der Waals surface area contributed by atoms with Crippen LogP contribution in [0.3, 0.4) is 0 Å². The van der Waals surface area contributed by atoms with E-state index >= 15 is 0 Å². The molecular weight excluding hydrogens is 220 g/mol. The summed E-state index contributed by atoms with van der Waals surface area (Å²) < 4.78 is 0. The van der Waals surface area contributed by atoms with Crippen LogP contribution in [0.25, 0.3) is 6.08 Å². The molecule has 16 heavy (non-hydrogen) atoms. The van der Waals surface area contributed by atoms with Crippen molar-refractivity contribution in [3.05, 3.63) is 41.0 Å². The number of halogens is 1. The van der Waals surface area contributed by atoms with Gasteiger partial charge in [0.1, 0.15) is 0 Å². The Bertz CT molecular complexity index is 421. The maximum atomic E-state index is 11.7. The SMILES string of the molecule is O=C1CCCc2ccc(C=CCCCl)cc21. The monoisotopic (exact) mass is 234 g/mol. The van der Waals surface area contributed by atoms with Crippen molar-refractivity contribution in [1.29, 1.82) is 0 Å². The number of ketones is 1. The van der Waals surface area contributed by atoms with Crippen molar-refractivity contribution in [3.8, 4) is 0 Å². The Kier molecular flexibility index (Phi) is 3.79. The first-order chi connectivity index (χ1) is 7.81. The third kappa shape index (κ3) is 2.53. The van der Waals surface area contributed by atoms with Gasteiger partial charge in [-0.3, -0.25) is 4.79 Å². The van der Waals surface area contributed by atoms with Crippen molar-refractivity contribution in [2.75, 3.05) is 5.88 Å². The largest absolute Gasteiger partial charge is 0.294 e. The van der Waals surface area contributed by atoms with Gasteiger partial charge in [-0.2, -0.15) is 0 Å². The topological polar surface area (TPSA) is 17.1 Å². The van der Waals surface area contributed by atoms with E-state index in [-0.39, 0.29) is 5.78 Å². The molecule has 0 bridgehead atoms. The van der Waals surface area contributed by atoms with Gasteiger partial charge in [0, 0.05) is 17.9 Å². The lowest BCUT2D eigenvalue weighted by atomic mass is 9.89. The van der Waals surface area contributed by atoms with Crippen molar-refractivity contribution in [3.63, 3.8) is 0 Å². The van der Waals surface area contributed by atoms with Gasteiger partial charge in [0.05, 0.1) is 0 Å². The Morgan fingerprint density at radius 2 is 2.19 bits per heavy atom. The first kappa shape index (κ1) is 11.4. The van der Waals surface area contributed by atoms with E-state index in [4.69, 9.17) is 11.6 Å². The van der Waals surface area contributed by atoms with Gasteiger partial charge in [-0.15, -0.1) is 11.6 Å². The molecule has 2 heteroatoms. The fraction of sp³-hybridized carbons (Fsp3) is 0.357. The van der Waals surface area contributed by atoms with E-state index in [9.17, 15) is 4.79 Å². The molecule has 0 fully saturated rings. The molecule has 1 nitrogen and oxygen atoms in total. The van der Waals surface area contributed by atoms with Crippen molar-refractivity contribution in [1.82, 2.24) is 0 Å². The van der Waals surface area contributed by atoms with Gasteiger partial charge in [0.15, 0.2) is 5.78 Å². The zero-order valence-electron chi connectivity index (χ0n) is 9.21. The van der Waals surface area contributed by atoms with Crippen LogP contribution in [0.4, 0.5) is 0 Å². The average molecular weight is 235 g/mol. The number of rotatable bonds is 3. The molecule has 0 heterocycles. The number of alkyl halides is 1. The highest BCUT2D eigenvalue weighted by atomic mass is 35.5. The van der Waals surface area contributed by atoms with Crippen LogP contribution in [0, 0.1) is 0 Å². The standard InChI is InChI=1S/C14H15ClO/c15-9-2-1-4-11-7-8-12-5-3-6-14(16)13(12)10-11/h1,4,7-8,10H,2-3,5-6,9H2. The van der Waals surface area contributed by atoms with Crippen LogP contribution in [-0.2, 0) is 6.42 Å². The molecular formula is C14H15ClO. The van der Waals surface area contributed by atoms with Crippen LogP contribution in [-0.4, -0.2) is 11.7 Å². The van der Waals surface area contributed by atoms with E-state index in [1.807, 2.05) is 18.2 Å². The van der Waals surface area contributed by atoms with E-state index in [1.165, 1.54) is 5.56 Å². The van der Waals surface area contributed by atoms with Crippen molar-refractivity contribution < 1.29 is 4.79 Å². The van der Waals surface area contributed by atoms with Crippen molar-refractivity contribution >= 4 is 23.5 Å². The van der Waals surface area contributed by atoms with E-state index in [0.29, 0.717) is 12.3 Å². The highest BCUT2D eigenvalue weighted by Crippen LogP contribution is 2.22. The summed E-state index contributed by atoms with van der Waals surface area (Å²) in [7, 11) is 0. The van der Waals surface area contributed by atoms with Crippen LogP contribution >= 0.6 is 11.6 Å². The molecule has 2 rings (SSSR count). The molecule has 0 saturated heterocycles. The van der Waals surface area contributed by atoms with Gasteiger partial charge in [-0.05, 0) is 36.5 Å². The number of Topliss-reactive ketones (excluding diaryl/α,β-unsaturated/α-hetero) is 1. The normalized spacial score (nSPS) is 15.4. The molecule has 0 spiro atoms. The lowest BCUT2D eigenvalue weighted by Crippen LogP contribution is -2.10. The lowest BCUT2D eigenvalue weighted by molar-refractivity contribution is 0.0972. The van der Waals surface area contributed by atoms with Crippen LogP contribution in [0.2, 0.25) is 0 Å². The van der Waals surface area contributed by atoms with Crippen LogP contribution in [0.5, 0.6) is 0 Å². The maximum Gasteiger partial charge on any atom is 0.163 e. The fourth-order valence-corrected chi connectivity index (χ4v) is 2.16. The summed E-state index contributed by atoms with van der Waals surface area (Å²) in [5.74, 6) is 0.925. The summed E-state index contributed by atoms with van der Waals surface area (Å²) in [4.78, 5) is 11.7. The lowest BCUT2D eigenvalue weighted by Gasteiger charge is -2.14. The number of hydrogen-bond donors (Lipinski definition) is 0.